The average molecular weight is 242 g/mol. The standard InChI is InChI=1S/C9H10N2O4S/c1-5(12)9(13)15-8-7(10-16-11-8)6-3-2-4-14-6/h2-5,9,12-13H,1H3. The van der Waals surface area contributed by atoms with Crippen molar-refractivity contribution in [3.63, 3.8) is 0 Å². The Morgan fingerprint density at radius 3 is 2.88 bits per heavy atom. The van der Waals surface area contributed by atoms with Gasteiger partial charge in [0, 0.05) is 0 Å². The third-order valence-electron chi connectivity index (χ3n) is 1.86. The second kappa shape index (κ2) is 4.60. The molecule has 0 aliphatic rings. The van der Waals surface area contributed by atoms with Crippen LogP contribution in [0.1, 0.15) is 6.92 Å². The molecule has 2 heterocycles. The molecule has 0 saturated heterocycles. The third kappa shape index (κ3) is 2.21. The van der Waals surface area contributed by atoms with E-state index in [-0.39, 0.29) is 5.88 Å². The van der Waals surface area contributed by atoms with Crippen LogP contribution in [0.4, 0.5) is 0 Å². The minimum absolute atomic E-state index is 0.147. The third-order valence-corrected chi connectivity index (χ3v) is 2.37. The first-order chi connectivity index (χ1) is 7.68. The Hall–Kier alpha value is -1.44. The SMILES string of the molecule is CC(O)C(O)Oc1nsnc1-c1ccco1. The number of hydrogen-bond acceptors (Lipinski definition) is 7. The van der Waals surface area contributed by atoms with Gasteiger partial charge in [-0.3, -0.25) is 0 Å². The lowest BCUT2D eigenvalue weighted by atomic mass is 10.3. The maximum Gasteiger partial charge on any atom is 0.259 e. The van der Waals surface area contributed by atoms with Crippen LogP contribution in [0.2, 0.25) is 0 Å². The van der Waals surface area contributed by atoms with Crippen LogP contribution in [-0.2, 0) is 0 Å². The fraction of sp³-hybridized carbons (Fsp3) is 0.333. The van der Waals surface area contributed by atoms with Crippen LogP contribution in [0.25, 0.3) is 11.5 Å². The highest BCUT2D eigenvalue weighted by atomic mass is 32.1. The summed E-state index contributed by atoms with van der Waals surface area (Å²) >= 11 is 0.940. The van der Waals surface area contributed by atoms with E-state index in [1.807, 2.05) is 0 Å². The van der Waals surface area contributed by atoms with Crippen molar-refractivity contribution in [2.45, 2.75) is 19.3 Å². The summed E-state index contributed by atoms with van der Waals surface area (Å²) in [4.78, 5) is 0. The molecule has 0 radical (unpaired) electrons. The van der Waals surface area contributed by atoms with Crippen molar-refractivity contribution >= 4 is 11.7 Å². The van der Waals surface area contributed by atoms with Crippen LogP contribution in [0, 0.1) is 0 Å². The Labute approximate surface area is 95.4 Å². The van der Waals surface area contributed by atoms with Crippen molar-refractivity contribution in [3.8, 4) is 17.3 Å². The molecule has 2 rings (SSSR count). The normalized spacial score (nSPS) is 14.7. The van der Waals surface area contributed by atoms with Crippen LogP contribution in [0.15, 0.2) is 22.8 Å². The van der Waals surface area contributed by atoms with Gasteiger partial charge in [0.05, 0.1) is 18.0 Å². The number of hydrogen-bond donors (Lipinski definition) is 2. The maximum atomic E-state index is 9.35. The summed E-state index contributed by atoms with van der Waals surface area (Å²) < 4.78 is 18.1. The quantitative estimate of drug-likeness (QED) is 0.773. The molecular formula is C9H10N2O4S. The van der Waals surface area contributed by atoms with Crippen molar-refractivity contribution in [3.05, 3.63) is 18.4 Å². The molecule has 2 N–H and O–H groups in total. The predicted molar refractivity (Wildman–Crippen MR) is 55.9 cm³/mol. The van der Waals surface area contributed by atoms with Gasteiger partial charge in [0.2, 0.25) is 6.29 Å². The van der Waals surface area contributed by atoms with Crippen molar-refractivity contribution in [1.29, 1.82) is 0 Å². The predicted octanol–water partition coefficient (Wildman–Crippen LogP) is 0.876. The van der Waals surface area contributed by atoms with Crippen LogP contribution in [0.3, 0.4) is 0 Å². The van der Waals surface area contributed by atoms with Gasteiger partial charge in [-0.1, -0.05) is 0 Å². The molecule has 2 atom stereocenters. The Kier molecular flexibility index (Phi) is 3.18. The number of furan rings is 1. The second-order valence-corrected chi connectivity index (χ2v) is 3.67. The summed E-state index contributed by atoms with van der Waals surface area (Å²) in [5.74, 6) is 0.648. The van der Waals surface area contributed by atoms with E-state index in [0.717, 1.165) is 11.7 Å². The van der Waals surface area contributed by atoms with Crippen LogP contribution < -0.4 is 4.74 Å². The van der Waals surface area contributed by atoms with E-state index >= 15 is 0 Å². The van der Waals surface area contributed by atoms with Gasteiger partial charge in [-0.15, -0.1) is 4.37 Å². The maximum absolute atomic E-state index is 9.35. The Morgan fingerprint density at radius 2 is 2.25 bits per heavy atom. The molecule has 0 aliphatic heterocycles. The fourth-order valence-electron chi connectivity index (χ4n) is 1.03. The van der Waals surface area contributed by atoms with Gasteiger partial charge in [-0.25, -0.2) is 0 Å². The highest BCUT2D eigenvalue weighted by Crippen LogP contribution is 2.28. The molecule has 0 amide bonds. The topological polar surface area (TPSA) is 88.6 Å². The molecule has 2 unspecified atom stereocenters. The van der Waals surface area contributed by atoms with Crippen molar-refractivity contribution in [1.82, 2.24) is 8.75 Å². The molecule has 0 bridgehead atoms. The number of aliphatic hydroxyl groups excluding tert-OH is 2. The van der Waals surface area contributed by atoms with Gasteiger partial charge >= 0.3 is 0 Å². The van der Waals surface area contributed by atoms with Crippen LogP contribution in [0.5, 0.6) is 5.88 Å². The number of aromatic nitrogens is 2. The first-order valence-corrected chi connectivity index (χ1v) is 5.30. The molecule has 2 aromatic rings. The molecule has 16 heavy (non-hydrogen) atoms. The minimum Gasteiger partial charge on any atom is -0.462 e. The van der Waals surface area contributed by atoms with Crippen molar-refractivity contribution < 1.29 is 19.4 Å². The van der Waals surface area contributed by atoms with Gasteiger partial charge in [0.1, 0.15) is 6.10 Å². The molecule has 6 nitrogen and oxygen atoms in total. The zero-order chi connectivity index (χ0) is 11.5. The van der Waals surface area contributed by atoms with E-state index in [2.05, 4.69) is 8.75 Å². The van der Waals surface area contributed by atoms with Gasteiger partial charge in [-0.2, -0.15) is 4.37 Å². The molecule has 86 valence electrons. The number of nitrogens with zero attached hydrogens (tertiary/aromatic N) is 2. The van der Waals surface area contributed by atoms with Crippen LogP contribution in [-0.4, -0.2) is 31.4 Å². The zero-order valence-electron chi connectivity index (χ0n) is 8.40. The monoisotopic (exact) mass is 242 g/mol. The van der Waals surface area contributed by atoms with E-state index in [9.17, 15) is 5.11 Å². The number of rotatable bonds is 4. The molecular weight excluding hydrogens is 232 g/mol. The second-order valence-electron chi connectivity index (χ2n) is 3.14. The van der Waals surface area contributed by atoms with Gasteiger partial charge in [-0.05, 0) is 19.1 Å². The summed E-state index contributed by atoms with van der Waals surface area (Å²) in [5, 5.41) is 18.5. The van der Waals surface area contributed by atoms with Crippen molar-refractivity contribution in [2.24, 2.45) is 0 Å². The molecule has 0 aromatic carbocycles. The Morgan fingerprint density at radius 1 is 1.44 bits per heavy atom. The summed E-state index contributed by atoms with van der Waals surface area (Å²) in [6, 6.07) is 3.42. The molecule has 0 fully saturated rings. The first-order valence-electron chi connectivity index (χ1n) is 4.57. The van der Waals surface area contributed by atoms with Gasteiger partial charge < -0.3 is 19.4 Å². The highest BCUT2D eigenvalue weighted by molar-refractivity contribution is 6.99. The summed E-state index contributed by atoms with van der Waals surface area (Å²) in [7, 11) is 0. The van der Waals surface area contributed by atoms with Gasteiger partial charge in [0.25, 0.3) is 5.88 Å². The van der Waals surface area contributed by atoms with Crippen LogP contribution >= 0.6 is 11.7 Å². The summed E-state index contributed by atoms with van der Waals surface area (Å²) in [6.45, 7) is 1.41. The molecule has 7 heteroatoms. The molecule has 0 saturated carbocycles. The van der Waals surface area contributed by atoms with Crippen molar-refractivity contribution in [2.75, 3.05) is 0 Å². The lowest BCUT2D eigenvalue weighted by Crippen LogP contribution is -2.28. The fourth-order valence-corrected chi connectivity index (χ4v) is 1.53. The average Bonchev–Trinajstić information content (AvgIpc) is 2.85. The summed E-state index contributed by atoms with van der Waals surface area (Å²) in [5.41, 5.74) is 0.412. The molecule has 0 aliphatic carbocycles. The minimum atomic E-state index is -1.34. The molecule has 0 spiro atoms. The first kappa shape index (κ1) is 11.1. The summed E-state index contributed by atoms with van der Waals surface area (Å²) in [6.07, 6.45) is -0.840. The van der Waals surface area contributed by atoms with E-state index in [4.69, 9.17) is 14.3 Å². The Bertz CT molecular complexity index is 440. The van der Waals surface area contributed by atoms with E-state index < -0.39 is 12.4 Å². The lowest BCUT2D eigenvalue weighted by Gasteiger charge is -2.13. The lowest BCUT2D eigenvalue weighted by molar-refractivity contribution is -0.0973. The Balaban J connectivity index is 2.20. The smallest absolute Gasteiger partial charge is 0.259 e. The van der Waals surface area contributed by atoms with E-state index in [1.54, 1.807) is 12.1 Å². The molecule has 2 aromatic heterocycles. The number of aliphatic hydroxyl groups is 2. The van der Waals surface area contributed by atoms with Gasteiger partial charge in [0.15, 0.2) is 11.5 Å². The highest BCUT2D eigenvalue weighted by Gasteiger charge is 2.20. The largest absolute Gasteiger partial charge is 0.462 e. The zero-order valence-corrected chi connectivity index (χ0v) is 9.22. The van der Waals surface area contributed by atoms with E-state index in [1.165, 1.54) is 13.2 Å². The number of ether oxygens (including phenoxy) is 1. The van der Waals surface area contributed by atoms with E-state index in [0.29, 0.717) is 11.5 Å².